The minimum Gasteiger partial charge on any atom is -0.507 e. The van der Waals surface area contributed by atoms with Gasteiger partial charge in [0.1, 0.15) is 17.1 Å². The molecule has 1 heterocycles. The van der Waals surface area contributed by atoms with Crippen LogP contribution in [-0.4, -0.2) is 26.1 Å². The van der Waals surface area contributed by atoms with E-state index in [1.54, 1.807) is 42.5 Å². The number of aliphatic hydroxyl groups is 1. The van der Waals surface area contributed by atoms with Gasteiger partial charge in [0.25, 0.3) is 5.89 Å². The van der Waals surface area contributed by atoms with E-state index in [0.29, 0.717) is 16.7 Å². The Balaban J connectivity index is 1.81. The lowest BCUT2D eigenvalue weighted by molar-refractivity contribution is 0.105. The number of nitrogens with zero attached hydrogens (tertiary/aromatic N) is 2. The first-order valence-corrected chi connectivity index (χ1v) is 6.86. The first-order valence-electron chi connectivity index (χ1n) is 6.86. The monoisotopic (exact) mass is 306 g/mol. The fourth-order valence-corrected chi connectivity index (χ4v) is 2.56. The fraction of sp³-hybridized carbons (Fsp3) is 0. The van der Waals surface area contributed by atoms with Crippen LogP contribution in [0.25, 0.3) is 22.8 Å². The van der Waals surface area contributed by atoms with Crippen molar-refractivity contribution >= 4 is 17.1 Å². The molecule has 2 N–H and O–H groups in total. The summed E-state index contributed by atoms with van der Waals surface area (Å²) in [4.78, 5) is 16.6. The highest BCUT2D eigenvalue weighted by Gasteiger charge is 2.33. The van der Waals surface area contributed by atoms with Crippen molar-refractivity contribution < 1.29 is 19.5 Å². The van der Waals surface area contributed by atoms with Gasteiger partial charge in [0.2, 0.25) is 11.6 Å². The summed E-state index contributed by atoms with van der Waals surface area (Å²) < 4.78 is 5.12. The number of rotatable bonds is 2. The minimum atomic E-state index is -0.359. The molecule has 3 aromatic rings. The molecule has 0 amide bonds. The van der Waals surface area contributed by atoms with Crippen molar-refractivity contribution in [1.82, 2.24) is 10.1 Å². The molecule has 1 aliphatic rings. The molecule has 0 fully saturated rings. The number of hydrogen-bond acceptors (Lipinski definition) is 6. The van der Waals surface area contributed by atoms with Gasteiger partial charge in [0.15, 0.2) is 0 Å². The van der Waals surface area contributed by atoms with E-state index in [0.717, 1.165) is 0 Å². The van der Waals surface area contributed by atoms with Crippen molar-refractivity contribution in [3.63, 3.8) is 0 Å². The second-order valence-electron chi connectivity index (χ2n) is 5.04. The highest BCUT2D eigenvalue weighted by atomic mass is 16.5. The molecule has 1 aromatic heterocycles. The largest absolute Gasteiger partial charge is 0.507 e. The number of para-hydroxylation sites is 1. The second kappa shape index (κ2) is 4.81. The Morgan fingerprint density at radius 2 is 1.52 bits per heavy atom. The highest BCUT2D eigenvalue weighted by Crippen LogP contribution is 2.36. The molecule has 0 unspecified atom stereocenters. The summed E-state index contributed by atoms with van der Waals surface area (Å²) in [6.07, 6.45) is 0. The molecule has 1 aliphatic carbocycles. The van der Waals surface area contributed by atoms with Crippen LogP contribution in [0, 0.1) is 0 Å². The first-order chi connectivity index (χ1) is 11.2. The van der Waals surface area contributed by atoms with E-state index in [-0.39, 0.29) is 34.6 Å². The smallest absolute Gasteiger partial charge is 0.262 e. The number of aromatic nitrogens is 2. The van der Waals surface area contributed by atoms with Crippen molar-refractivity contribution in [1.29, 1.82) is 0 Å². The van der Waals surface area contributed by atoms with Gasteiger partial charge in [-0.05, 0) is 12.1 Å². The molecule has 0 saturated carbocycles. The SMILES string of the molecule is O=C1C(c2noc(-c3ccccc3O)n2)=C(O)c2ccccc21. The zero-order valence-electron chi connectivity index (χ0n) is 11.7. The number of hydrogen-bond donors (Lipinski definition) is 2. The quantitative estimate of drug-likeness (QED) is 0.755. The topological polar surface area (TPSA) is 96.5 Å². The third kappa shape index (κ3) is 1.92. The molecule has 0 saturated heterocycles. The molecule has 0 aliphatic heterocycles. The number of phenolic OH excluding ortho intramolecular Hbond substituents is 1. The molecule has 2 aromatic carbocycles. The van der Waals surface area contributed by atoms with Gasteiger partial charge < -0.3 is 14.7 Å². The van der Waals surface area contributed by atoms with Crippen LogP contribution in [0.5, 0.6) is 5.75 Å². The zero-order chi connectivity index (χ0) is 16.0. The number of aromatic hydroxyl groups is 1. The van der Waals surface area contributed by atoms with Crippen LogP contribution in [0.2, 0.25) is 0 Å². The maximum atomic E-state index is 12.4. The fourth-order valence-electron chi connectivity index (χ4n) is 2.56. The Bertz CT molecular complexity index is 972. The van der Waals surface area contributed by atoms with Gasteiger partial charge >= 0.3 is 0 Å². The van der Waals surface area contributed by atoms with Gasteiger partial charge in [-0.2, -0.15) is 4.98 Å². The Hall–Kier alpha value is -3.41. The summed E-state index contributed by atoms with van der Waals surface area (Å²) in [6, 6.07) is 13.2. The van der Waals surface area contributed by atoms with Gasteiger partial charge in [-0.15, -0.1) is 0 Å². The maximum absolute atomic E-state index is 12.4. The second-order valence-corrected chi connectivity index (χ2v) is 5.04. The lowest BCUT2D eigenvalue weighted by atomic mass is 10.1. The predicted molar refractivity (Wildman–Crippen MR) is 81.6 cm³/mol. The zero-order valence-corrected chi connectivity index (χ0v) is 11.7. The molecule has 0 spiro atoms. The number of phenols is 1. The highest BCUT2D eigenvalue weighted by molar-refractivity contribution is 6.38. The third-order valence-electron chi connectivity index (χ3n) is 3.67. The van der Waals surface area contributed by atoms with E-state index >= 15 is 0 Å². The number of allylic oxidation sites excluding steroid dienone is 1. The summed E-state index contributed by atoms with van der Waals surface area (Å²) in [5, 5.41) is 23.9. The number of ketones is 1. The van der Waals surface area contributed by atoms with E-state index in [1.165, 1.54) is 6.07 Å². The summed E-state index contributed by atoms with van der Waals surface area (Å²) in [7, 11) is 0. The molecule has 0 bridgehead atoms. The molecular formula is C17H10N2O4. The molecule has 23 heavy (non-hydrogen) atoms. The van der Waals surface area contributed by atoms with Gasteiger partial charge in [-0.25, -0.2) is 0 Å². The summed E-state index contributed by atoms with van der Waals surface area (Å²) in [6.45, 7) is 0. The van der Waals surface area contributed by atoms with Gasteiger partial charge in [-0.1, -0.05) is 41.6 Å². The average Bonchev–Trinajstić information content (AvgIpc) is 3.13. The molecule has 6 heteroatoms. The Kier molecular flexibility index (Phi) is 2.77. The van der Waals surface area contributed by atoms with Crippen LogP contribution in [0.1, 0.15) is 21.7 Å². The lowest BCUT2D eigenvalue weighted by Crippen LogP contribution is -1.99. The number of aliphatic hydroxyl groups excluding tert-OH is 1. The van der Waals surface area contributed by atoms with Crippen LogP contribution in [0.3, 0.4) is 0 Å². The predicted octanol–water partition coefficient (Wildman–Crippen LogP) is 3.06. The van der Waals surface area contributed by atoms with E-state index < -0.39 is 0 Å². The van der Waals surface area contributed by atoms with Crippen molar-refractivity contribution in [2.24, 2.45) is 0 Å². The van der Waals surface area contributed by atoms with E-state index in [4.69, 9.17) is 4.52 Å². The molecule has 0 atom stereocenters. The number of benzene rings is 2. The normalized spacial score (nSPS) is 13.5. The van der Waals surface area contributed by atoms with E-state index in [9.17, 15) is 15.0 Å². The molecule has 6 nitrogen and oxygen atoms in total. The van der Waals surface area contributed by atoms with Gasteiger partial charge in [0.05, 0.1) is 5.56 Å². The van der Waals surface area contributed by atoms with Crippen LogP contribution in [0.4, 0.5) is 0 Å². The van der Waals surface area contributed by atoms with Gasteiger partial charge in [0, 0.05) is 11.1 Å². The van der Waals surface area contributed by atoms with Crippen molar-refractivity contribution in [3.05, 3.63) is 65.5 Å². The Morgan fingerprint density at radius 3 is 2.22 bits per heavy atom. The summed E-state index contributed by atoms with van der Waals surface area (Å²) in [5.41, 5.74) is 1.20. The Labute approximate surface area is 130 Å². The average molecular weight is 306 g/mol. The maximum Gasteiger partial charge on any atom is 0.262 e. The minimum absolute atomic E-state index is 0.00313. The van der Waals surface area contributed by atoms with Crippen molar-refractivity contribution in [2.75, 3.05) is 0 Å². The number of carbonyl (C=O) groups excluding carboxylic acids is 1. The molecular weight excluding hydrogens is 296 g/mol. The van der Waals surface area contributed by atoms with Crippen LogP contribution in [0.15, 0.2) is 53.1 Å². The van der Waals surface area contributed by atoms with Crippen LogP contribution < -0.4 is 0 Å². The van der Waals surface area contributed by atoms with Gasteiger partial charge in [-0.3, -0.25) is 4.79 Å². The van der Waals surface area contributed by atoms with E-state index in [1.807, 2.05) is 0 Å². The van der Waals surface area contributed by atoms with Crippen molar-refractivity contribution in [2.45, 2.75) is 0 Å². The van der Waals surface area contributed by atoms with Crippen LogP contribution >= 0.6 is 0 Å². The third-order valence-corrected chi connectivity index (χ3v) is 3.67. The molecule has 0 radical (unpaired) electrons. The molecule has 4 rings (SSSR count). The van der Waals surface area contributed by atoms with Crippen LogP contribution in [-0.2, 0) is 0 Å². The first kappa shape index (κ1) is 13.3. The Morgan fingerprint density at radius 1 is 0.870 bits per heavy atom. The van der Waals surface area contributed by atoms with E-state index in [2.05, 4.69) is 10.1 Å². The number of fused-ring (bicyclic) bond motifs is 1. The summed E-state index contributed by atoms with van der Waals surface area (Å²) in [5.74, 6) is -0.482. The molecule has 112 valence electrons. The summed E-state index contributed by atoms with van der Waals surface area (Å²) >= 11 is 0. The lowest BCUT2D eigenvalue weighted by Gasteiger charge is -1.97. The van der Waals surface area contributed by atoms with Crippen molar-refractivity contribution in [3.8, 4) is 17.2 Å². The standard InChI is InChI=1S/C17H10N2O4/c20-12-8-4-3-7-11(12)17-18-16(19-23-17)13-14(21)9-5-1-2-6-10(9)15(13)22/h1-8,20-21H. The number of Topliss-reactive ketones (excluding diaryl/α,β-unsaturated/α-hetero) is 1. The number of carbonyl (C=O) groups is 1.